The summed E-state index contributed by atoms with van der Waals surface area (Å²) in [6, 6.07) is 0. The molecule has 112 valence electrons. The second-order valence-corrected chi connectivity index (χ2v) is 6.54. The second kappa shape index (κ2) is 6.71. The molecule has 1 saturated carbocycles. The van der Waals surface area contributed by atoms with Crippen LogP contribution in [0.2, 0.25) is 0 Å². The summed E-state index contributed by atoms with van der Waals surface area (Å²) in [6.45, 7) is 9.55. The fourth-order valence-corrected chi connectivity index (χ4v) is 2.91. The van der Waals surface area contributed by atoms with Gasteiger partial charge in [-0.2, -0.15) is 0 Å². The summed E-state index contributed by atoms with van der Waals surface area (Å²) in [6.07, 6.45) is 4.49. The van der Waals surface area contributed by atoms with E-state index in [4.69, 9.17) is 4.74 Å². The summed E-state index contributed by atoms with van der Waals surface area (Å²) in [5.74, 6) is -0.516. The van der Waals surface area contributed by atoms with Crippen LogP contribution in [0.5, 0.6) is 0 Å². The van der Waals surface area contributed by atoms with Crippen molar-refractivity contribution in [3.05, 3.63) is 0 Å². The Morgan fingerprint density at radius 3 is 2.68 bits per heavy atom. The molecule has 0 bridgehead atoms. The predicted molar refractivity (Wildman–Crippen MR) is 76.3 cm³/mol. The highest BCUT2D eigenvalue weighted by atomic mass is 16.5. The van der Waals surface area contributed by atoms with Crippen LogP contribution in [0.4, 0.5) is 0 Å². The summed E-state index contributed by atoms with van der Waals surface area (Å²) < 4.78 is 5.75. The Morgan fingerprint density at radius 1 is 1.47 bits per heavy atom. The van der Waals surface area contributed by atoms with Crippen LogP contribution in [0.15, 0.2) is 0 Å². The molecular formula is C15H29NO3. The van der Waals surface area contributed by atoms with Gasteiger partial charge in [0.05, 0.1) is 5.60 Å². The van der Waals surface area contributed by atoms with E-state index >= 15 is 0 Å². The number of carbonyl (C=O) groups is 1. The lowest BCUT2D eigenvalue weighted by atomic mass is 9.84. The van der Waals surface area contributed by atoms with Gasteiger partial charge in [0, 0.05) is 6.61 Å². The Hall–Kier alpha value is -0.610. The standard InChI is InChI=1S/C15H29NO3/c1-5-10-16-15(13(17)18)9-6-7-12(15)8-11-19-14(2,3)4/h12,16H,5-11H2,1-4H3,(H,17,18). The van der Waals surface area contributed by atoms with E-state index in [1.165, 1.54) is 0 Å². The predicted octanol–water partition coefficient (Wildman–Crippen LogP) is 2.81. The van der Waals surface area contributed by atoms with Crippen LogP contribution < -0.4 is 5.32 Å². The molecule has 2 unspecified atom stereocenters. The number of carboxylic acids is 1. The molecule has 2 atom stereocenters. The average Bonchev–Trinajstić information content (AvgIpc) is 2.69. The lowest BCUT2D eigenvalue weighted by Gasteiger charge is -2.33. The normalized spacial score (nSPS) is 27.7. The topological polar surface area (TPSA) is 58.6 Å². The molecule has 2 N–H and O–H groups in total. The van der Waals surface area contributed by atoms with Gasteiger partial charge in [-0.3, -0.25) is 4.79 Å². The third-order valence-corrected chi connectivity index (χ3v) is 3.89. The molecule has 1 rings (SSSR count). The SMILES string of the molecule is CCCNC1(C(=O)O)CCCC1CCOC(C)(C)C. The molecule has 0 aromatic carbocycles. The first-order valence-electron chi connectivity index (χ1n) is 7.44. The van der Waals surface area contributed by atoms with E-state index in [9.17, 15) is 9.90 Å². The number of rotatable bonds is 7. The molecule has 0 aliphatic heterocycles. The molecule has 0 amide bonds. The van der Waals surface area contributed by atoms with Crippen molar-refractivity contribution in [2.24, 2.45) is 5.92 Å². The maximum Gasteiger partial charge on any atom is 0.324 e. The number of hydrogen-bond donors (Lipinski definition) is 2. The van der Waals surface area contributed by atoms with Gasteiger partial charge in [-0.25, -0.2) is 0 Å². The van der Waals surface area contributed by atoms with Gasteiger partial charge in [-0.15, -0.1) is 0 Å². The first kappa shape index (κ1) is 16.4. The van der Waals surface area contributed by atoms with Crippen molar-refractivity contribution in [3.8, 4) is 0 Å². The minimum Gasteiger partial charge on any atom is -0.480 e. The molecule has 1 aliphatic rings. The highest BCUT2D eigenvalue weighted by Gasteiger charge is 2.48. The Morgan fingerprint density at radius 2 is 2.16 bits per heavy atom. The van der Waals surface area contributed by atoms with Crippen molar-refractivity contribution >= 4 is 5.97 Å². The van der Waals surface area contributed by atoms with Gasteiger partial charge in [-0.05, 0) is 58.9 Å². The average molecular weight is 271 g/mol. The van der Waals surface area contributed by atoms with Gasteiger partial charge < -0.3 is 15.2 Å². The van der Waals surface area contributed by atoms with Crippen molar-refractivity contribution in [3.63, 3.8) is 0 Å². The molecule has 4 heteroatoms. The Balaban J connectivity index is 2.61. The molecule has 0 aromatic rings. The van der Waals surface area contributed by atoms with Gasteiger partial charge in [0.25, 0.3) is 0 Å². The van der Waals surface area contributed by atoms with Crippen LogP contribution in [0.1, 0.15) is 59.8 Å². The number of ether oxygens (including phenoxy) is 1. The summed E-state index contributed by atoms with van der Waals surface area (Å²) in [5.41, 5.74) is -0.876. The summed E-state index contributed by atoms with van der Waals surface area (Å²) in [7, 11) is 0. The van der Waals surface area contributed by atoms with Gasteiger partial charge in [-0.1, -0.05) is 13.3 Å². The fourth-order valence-electron chi connectivity index (χ4n) is 2.91. The summed E-state index contributed by atoms with van der Waals surface area (Å²) >= 11 is 0. The third-order valence-electron chi connectivity index (χ3n) is 3.89. The summed E-state index contributed by atoms with van der Waals surface area (Å²) in [5, 5.41) is 12.9. The first-order chi connectivity index (χ1) is 8.82. The number of nitrogens with one attached hydrogen (secondary N) is 1. The molecule has 0 aromatic heterocycles. The van der Waals surface area contributed by atoms with Crippen molar-refractivity contribution in [2.45, 2.75) is 70.9 Å². The number of hydrogen-bond acceptors (Lipinski definition) is 3. The minimum absolute atomic E-state index is 0.151. The largest absolute Gasteiger partial charge is 0.480 e. The molecule has 4 nitrogen and oxygen atoms in total. The molecule has 1 fully saturated rings. The van der Waals surface area contributed by atoms with Crippen molar-refractivity contribution in [1.29, 1.82) is 0 Å². The monoisotopic (exact) mass is 271 g/mol. The van der Waals surface area contributed by atoms with E-state index in [2.05, 4.69) is 12.2 Å². The van der Waals surface area contributed by atoms with Gasteiger partial charge >= 0.3 is 5.97 Å². The molecule has 0 saturated heterocycles. The molecule has 0 radical (unpaired) electrons. The van der Waals surface area contributed by atoms with E-state index in [0.29, 0.717) is 6.61 Å². The Labute approximate surface area is 116 Å². The molecule has 19 heavy (non-hydrogen) atoms. The molecular weight excluding hydrogens is 242 g/mol. The Bertz CT molecular complexity index is 298. The van der Waals surface area contributed by atoms with Crippen LogP contribution in [-0.2, 0) is 9.53 Å². The van der Waals surface area contributed by atoms with E-state index in [-0.39, 0.29) is 11.5 Å². The zero-order valence-corrected chi connectivity index (χ0v) is 12.8. The van der Waals surface area contributed by atoms with Gasteiger partial charge in [0.2, 0.25) is 0 Å². The third kappa shape index (κ3) is 4.46. The van der Waals surface area contributed by atoms with Crippen molar-refractivity contribution < 1.29 is 14.6 Å². The maximum absolute atomic E-state index is 11.7. The van der Waals surface area contributed by atoms with Crippen LogP contribution in [0.25, 0.3) is 0 Å². The zero-order valence-electron chi connectivity index (χ0n) is 12.8. The second-order valence-electron chi connectivity index (χ2n) is 6.54. The highest BCUT2D eigenvalue weighted by molar-refractivity contribution is 5.79. The maximum atomic E-state index is 11.7. The summed E-state index contributed by atoms with van der Waals surface area (Å²) in [4.78, 5) is 11.7. The molecule has 0 spiro atoms. The van der Waals surface area contributed by atoms with Gasteiger partial charge in [0.1, 0.15) is 5.54 Å². The lowest BCUT2D eigenvalue weighted by molar-refractivity contribution is -0.147. The zero-order chi connectivity index (χ0) is 14.5. The van der Waals surface area contributed by atoms with E-state index in [0.717, 1.165) is 38.6 Å². The smallest absolute Gasteiger partial charge is 0.324 e. The minimum atomic E-state index is -0.725. The molecule has 1 aliphatic carbocycles. The van der Waals surface area contributed by atoms with Crippen LogP contribution in [-0.4, -0.2) is 35.4 Å². The van der Waals surface area contributed by atoms with Crippen molar-refractivity contribution in [1.82, 2.24) is 5.32 Å². The quantitative estimate of drug-likeness (QED) is 0.747. The van der Waals surface area contributed by atoms with Crippen LogP contribution in [0, 0.1) is 5.92 Å². The van der Waals surface area contributed by atoms with E-state index in [1.807, 2.05) is 20.8 Å². The van der Waals surface area contributed by atoms with Crippen molar-refractivity contribution in [2.75, 3.05) is 13.2 Å². The Kier molecular flexibility index (Phi) is 5.81. The highest BCUT2D eigenvalue weighted by Crippen LogP contribution is 2.38. The van der Waals surface area contributed by atoms with E-state index in [1.54, 1.807) is 0 Å². The number of aliphatic carboxylic acids is 1. The van der Waals surface area contributed by atoms with Crippen LogP contribution in [0.3, 0.4) is 0 Å². The number of carboxylic acid groups (broad SMARTS) is 1. The first-order valence-corrected chi connectivity index (χ1v) is 7.44. The lowest BCUT2D eigenvalue weighted by Crippen LogP contribution is -2.55. The van der Waals surface area contributed by atoms with Crippen LogP contribution >= 0.6 is 0 Å². The van der Waals surface area contributed by atoms with E-state index < -0.39 is 11.5 Å². The van der Waals surface area contributed by atoms with Gasteiger partial charge in [0.15, 0.2) is 0 Å². The molecule has 0 heterocycles. The fraction of sp³-hybridized carbons (Fsp3) is 0.933.